The number of carbonyl (C=O) groups excluding carboxylic acids is 1. The fourth-order valence-electron chi connectivity index (χ4n) is 4.28. The van der Waals surface area contributed by atoms with Crippen LogP contribution in [-0.4, -0.2) is 26.9 Å². The van der Waals surface area contributed by atoms with Crippen molar-refractivity contribution in [2.45, 2.75) is 45.1 Å². The molecule has 2 aliphatic rings. The first kappa shape index (κ1) is 21.7. The van der Waals surface area contributed by atoms with Crippen molar-refractivity contribution in [3.8, 4) is 11.8 Å². The molecule has 0 bridgehead atoms. The lowest BCUT2D eigenvalue weighted by Crippen LogP contribution is -2.26. The van der Waals surface area contributed by atoms with E-state index in [9.17, 15) is 14.7 Å². The maximum atomic E-state index is 12.4. The number of nitrogens with zero attached hydrogens (tertiary/aromatic N) is 2. The number of rotatable bonds is 5. The lowest BCUT2D eigenvalue weighted by Gasteiger charge is -2.25. The van der Waals surface area contributed by atoms with Gasteiger partial charge in [-0.2, -0.15) is 5.10 Å². The van der Waals surface area contributed by atoms with Crippen molar-refractivity contribution in [2.24, 2.45) is 18.4 Å². The normalized spacial score (nSPS) is 19.7. The van der Waals surface area contributed by atoms with Gasteiger partial charge >= 0.3 is 12.1 Å². The molecule has 32 heavy (non-hydrogen) atoms. The molecular weight excluding hydrogens is 406 g/mol. The molecule has 1 heterocycles. The molecule has 166 valence electrons. The number of allylic oxidation sites excluding steroid dienone is 2. The largest absolute Gasteiger partial charge is 0.481 e. The van der Waals surface area contributed by atoms with Gasteiger partial charge in [0.25, 0.3) is 0 Å². The summed E-state index contributed by atoms with van der Waals surface area (Å²) >= 11 is 0. The summed E-state index contributed by atoms with van der Waals surface area (Å²) in [4.78, 5) is 24.0. The second-order valence-electron chi connectivity index (χ2n) is 8.53. The summed E-state index contributed by atoms with van der Waals surface area (Å²) in [5.41, 5.74) is 2.00. The number of benzene rings is 1. The minimum Gasteiger partial charge on any atom is -0.481 e. The molecule has 0 spiro atoms. The van der Waals surface area contributed by atoms with E-state index in [1.807, 2.05) is 37.3 Å². The van der Waals surface area contributed by atoms with Gasteiger partial charge < -0.3 is 9.84 Å². The molecule has 4 rings (SSSR count). The van der Waals surface area contributed by atoms with Gasteiger partial charge in [0.05, 0.1) is 17.2 Å². The Bertz CT molecular complexity index is 1100. The van der Waals surface area contributed by atoms with Gasteiger partial charge in [-0.3, -0.25) is 14.8 Å². The Morgan fingerprint density at radius 2 is 2.03 bits per heavy atom. The Balaban J connectivity index is 1.40. The summed E-state index contributed by atoms with van der Waals surface area (Å²) in [5.74, 6) is 6.28. The molecule has 7 nitrogen and oxygen atoms in total. The van der Waals surface area contributed by atoms with Crippen molar-refractivity contribution < 1.29 is 19.4 Å². The van der Waals surface area contributed by atoms with Crippen molar-refractivity contribution in [1.29, 1.82) is 0 Å². The summed E-state index contributed by atoms with van der Waals surface area (Å²) in [6.07, 6.45) is 6.63. The molecule has 0 radical (unpaired) electrons. The second kappa shape index (κ2) is 8.91. The van der Waals surface area contributed by atoms with E-state index in [1.54, 1.807) is 17.9 Å². The number of carbonyl (C=O) groups is 2. The van der Waals surface area contributed by atoms with Crippen LogP contribution >= 0.6 is 0 Å². The summed E-state index contributed by atoms with van der Waals surface area (Å²) in [5, 5.41) is 16.4. The molecule has 1 saturated carbocycles. The van der Waals surface area contributed by atoms with Gasteiger partial charge in [0, 0.05) is 7.05 Å². The van der Waals surface area contributed by atoms with Crippen LogP contribution < -0.4 is 5.32 Å². The lowest BCUT2D eigenvalue weighted by atomic mass is 9.78. The van der Waals surface area contributed by atoms with Crippen molar-refractivity contribution in [3.63, 3.8) is 0 Å². The zero-order chi connectivity index (χ0) is 22.7. The van der Waals surface area contributed by atoms with E-state index in [4.69, 9.17) is 4.74 Å². The van der Waals surface area contributed by atoms with Crippen molar-refractivity contribution in [1.82, 2.24) is 9.78 Å². The van der Waals surface area contributed by atoms with E-state index in [1.165, 1.54) is 0 Å². The number of nitrogens with one attached hydrogen (secondary N) is 1. The van der Waals surface area contributed by atoms with Crippen LogP contribution in [0.4, 0.5) is 10.6 Å². The van der Waals surface area contributed by atoms with Gasteiger partial charge in [0.15, 0.2) is 0 Å². The number of aromatic nitrogens is 2. The standard InChI is InChI=1S/C25H27N3O4/c1-17(19-6-4-3-5-7-19)32-24(31)27-22-20(16-26-28(22)2)11-8-18-9-12-21(13-10-18)25(14-15-25)23(29)30/h3-7,9,16-17,21H,10,12-15H2,1-2H3,(H,27,31)(H,29,30). The maximum absolute atomic E-state index is 12.4. The Morgan fingerprint density at radius 1 is 1.28 bits per heavy atom. The molecule has 1 aromatic carbocycles. The molecule has 2 atom stereocenters. The van der Waals surface area contributed by atoms with Gasteiger partial charge in [0.2, 0.25) is 0 Å². The van der Waals surface area contributed by atoms with Crippen molar-refractivity contribution in [2.75, 3.05) is 5.32 Å². The highest BCUT2D eigenvalue weighted by molar-refractivity contribution is 5.85. The van der Waals surface area contributed by atoms with Crippen LogP contribution in [0.25, 0.3) is 0 Å². The number of carboxylic acid groups (broad SMARTS) is 1. The van der Waals surface area contributed by atoms with Gasteiger partial charge in [-0.05, 0) is 56.1 Å². The van der Waals surface area contributed by atoms with Crippen molar-refractivity contribution >= 4 is 17.9 Å². The van der Waals surface area contributed by atoms with Gasteiger partial charge in [-0.1, -0.05) is 48.2 Å². The Morgan fingerprint density at radius 3 is 2.66 bits per heavy atom. The highest BCUT2D eigenvalue weighted by Gasteiger charge is 2.55. The van der Waals surface area contributed by atoms with Crippen LogP contribution in [-0.2, 0) is 16.6 Å². The minimum absolute atomic E-state index is 0.197. The number of aliphatic carboxylic acids is 1. The SMILES string of the molecule is CC(OC(=O)Nc1c(C#CC2=CCC(C3(C(=O)O)CC3)CC2)cnn1C)c1ccccc1. The number of carboxylic acids is 1. The molecule has 2 unspecified atom stereocenters. The van der Waals surface area contributed by atoms with Crippen LogP contribution in [0.5, 0.6) is 0 Å². The summed E-state index contributed by atoms with van der Waals surface area (Å²) < 4.78 is 7.03. The van der Waals surface area contributed by atoms with E-state index >= 15 is 0 Å². The highest BCUT2D eigenvalue weighted by Crippen LogP contribution is 2.56. The molecule has 7 heteroatoms. The fraction of sp³-hybridized carbons (Fsp3) is 0.400. The minimum atomic E-state index is -0.662. The van der Waals surface area contributed by atoms with Crippen LogP contribution in [0.1, 0.15) is 56.3 Å². The first-order chi connectivity index (χ1) is 15.4. The van der Waals surface area contributed by atoms with E-state index in [2.05, 4.69) is 28.3 Å². The highest BCUT2D eigenvalue weighted by atomic mass is 16.6. The van der Waals surface area contributed by atoms with Crippen LogP contribution in [0.15, 0.2) is 48.2 Å². The van der Waals surface area contributed by atoms with Crippen molar-refractivity contribution in [3.05, 3.63) is 59.3 Å². The molecule has 1 fully saturated rings. The third-order valence-corrected chi connectivity index (χ3v) is 6.48. The average Bonchev–Trinajstić information content (AvgIpc) is 3.54. The Kier molecular flexibility index (Phi) is 6.04. The maximum Gasteiger partial charge on any atom is 0.413 e. The molecule has 1 amide bonds. The van der Waals surface area contributed by atoms with Crippen LogP contribution in [0.2, 0.25) is 0 Å². The predicted molar refractivity (Wildman–Crippen MR) is 120 cm³/mol. The Hall–Kier alpha value is -3.53. The summed E-state index contributed by atoms with van der Waals surface area (Å²) in [6, 6.07) is 9.52. The fourth-order valence-corrected chi connectivity index (χ4v) is 4.28. The summed E-state index contributed by atoms with van der Waals surface area (Å²) in [7, 11) is 1.73. The number of hydrogen-bond donors (Lipinski definition) is 2. The van der Waals surface area contributed by atoms with Crippen LogP contribution in [0.3, 0.4) is 0 Å². The molecule has 2 aromatic rings. The van der Waals surface area contributed by atoms with E-state index in [0.717, 1.165) is 43.2 Å². The first-order valence-electron chi connectivity index (χ1n) is 10.9. The molecule has 0 saturated heterocycles. The number of hydrogen-bond acceptors (Lipinski definition) is 4. The predicted octanol–water partition coefficient (Wildman–Crippen LogP) is 4.67. The number of amides is 1. The first-order valence-corrected chi connectivity index (χ1v) is 10.9. The molecule has 2 aliphatic carbocycles. The number of aryl methyl sites for hydroxylation is 1. The third kappa shape index (κ3) is 4.54. The third-order valence-electron chi connectivity index (χ3n) is 6.48. The number of ether oxygens (including phenoxy) is 1. The molecule has 0 aliphatic heterocycles. The zero-order valence-corrected chi connectivity index (χ0v) is 18.3. The molecule has 2 N–H and O–H groups in total. The number of anilines is 1. The smallest absolute Gasteiger partial charge is 0.413 e. The zero-order valence-electron chi connectivity index (χ0n) is 18.3. The van der Waals surface area contributed by atoms with E-state index in [0.29, 0.717) is 11.4 Å². The monoisotopic (exact) mass is 433 g/mol. The van der Waals surface area contributed by atoms with Gasteiger partial charge in [-0.25, -0.2) is 4.79 Å². The topological polar surface area (TPSA) is 93.4 Å². The molecular formula is C25H27N3O4. The lowest BCUT2D eigenvalue weighted by molar-refractivity contribution is -0.145. The quantitative estimate of drug-likeness (QED) is 0.668. The van der Waals surface area contributed by atoms with Gasteiger partial charge in [-0.15, -0.1) is 0 Å². The van der Waals surface area contributed by atoms with Crippen LogP contribution in [0, 0.1) is 23.2 Å². The van der Waals surface area contributed by atoms with Gasteiger partial charge in [0.1, 0.15) is 11.9 Å². The molecule has 1 aromatic heterocycles. The Labute approximate surface area is 187 Å². The second-order valence-corrected chi connectivity index (χ2v) is 8.53. The van der Waals surface area contributed by atoms with E-state index < -0.39 is 17.5 Å². The summed E-state index contributed by atoms with van der Waals surface area (Å²) in [6.45, 7) is 1.82. The average molecular weight is 434 g/mol. The van der Waals surface area contributed by atoms with E-state index in [-0.39, 0.29) is 12.0 Å².